The molecule has 0 radical (unpaired) electrons. The molecule has 2 aromatic rings. The van der Waals surface area contributed by atoms with Crippen molar-refractivity contribution < 1.29 is 10.2 Å². The van der Waals surface area contributed by atoms with Gasteiger partial charge in [0.2, 0.25) is 0 Å². The minimum absolute atomic E-state index is 0.0612. The van der Waals surface area contributed by atoms with Gasteiger partial charge in [0, 0.05) is 31.9 Å². The third kappa shape index (κ3) is 6.58. The number of para-hydroxylation sites is 1. The quantitative estimate of drug-likeness (QED) is 0.276. The molecular weight excluding hydrogens is 396 g/mol. The minimum atomic E-state index is -0.563. The van der Waals surface area contributed by atoms with E-state index in [1.54, 1.807) is 18.2 Å². The largest absolute Gasteiger partial charge is 0.506 e. The van der Waals surface area contributed by atoms with Crippen LogP contribution >= 0.6 is 12.2 Å². The molecule has 0 saturated carbocycles. The van der Waals surface area contributed by atoms with Gasteiger partial charge in [0.1, 0.15) is 5.75 Å². The summed E-state index contributed by atoms with van der Waals surface area (Å²) in [4.78, 5) is 4.98. The van der Waals surface area contributed by atoms with Gasteiger partial charge in [-0.2, -0.15) is 0 Å². The normalized spacial score (nSPS) is 15.7. The van der Waals surface area contributed by atoms with Crippen molar-refractivity contribution in [2.45, 2.75) is 31.8 Å². The number of nitrogens with zero attached hydrogens (tertiary/aromatic N) is 2. The van der Waals surface area contributed by atoms with Crippen molar-refractivity contribution >= 4 is 28.7 Å². The Hall–Kier alpha value is -2.35. The van der Waals surface area contributed by atoms with E-state index >= 15 is 0 Å². The van der Waals surface area contributed by atoms with Crippen LogP contribution in [0.3, 0.4) is 0 Å². The van der Waals surface area contributed by atoms with Crippen molar-refractivity contribution in [3.8, 4) is 5.75 Å². The Morgan fingerprint density at radius 3 is 2.47 bits per heavy atom. The highest BCUT2D eigenvalue weighted by molar-refractivity contribution is 7.80. The van der Waals surface area contributed by atoms with E-state index in [4.69, 9.17) is 18.0 Å². The number of rotatable bonds is 9. The first kappa shape index (κ1) is 22.3. The van der Waals surface area contributed by atoms with E-state index in [1.807, 2.05) is 0 Å². The number of benzene rings is 2. The molecule has 162 valence electrons. The number of phenols is 1. The van der Waals surface area contributed by atoms with Gasteiger partial charge >= 0.3 is 0 Å². The van der Waals surface area contributed by atoms with Crippen LogP contribution in [0.4, 0.5) is 11.4 Å². The van der Waals surface area contributed by atoms with Gasteiger partial charge in [0.25, 0.3) is 0 Å². The molecule has 0 amide bonds. The minimum Gasteiger partial charge on any atom is -0.506 e. The Labute approximate surface area is 184 Å². The van der Waals surface area contributed by atoms with Gasteiger partial charge in [-0.15, -0.1) is 0 Å². The molecule has 5 N–H and O–H groups in total. The molecule has 0 spiro atoms. The first-order valence-electron chi connectivity index (χ1n) is 10.6. The van der Waals surface area contributed by atoms with Gasteiger partial charge < -0.3 is 26.2 Å². The van der Waals surface area contributed by atoms with Gasteiger partial charge in [-0.05, 0) is 61.4 Å². The van der Waals surface area contributed by atoms with E-state index in [2.05, 4.69) is 45.4 Å². The lowest BCUT2D eigenvalue weighted by Gasteiger charge is -2.36. The lowest BCUT2D eigenvalue weighted by Crippen LogP contribution is -2.46. The molecule has 1 unspecified atom stereocenters. The molecule has 0 aliphatic carbocycles. The van der Waals surface area contributed by atoms with Crippen molar-refractivity contribution in [2.75, 3.05) is 42.9 Å². The number of hydrogen-bond donors (Lipinski definition) is 4. The fourth-order valence-corrected chi connectivity index (χ4v) is 3.99. The highest BCUT2D eigenvalue weighted by atomic mass is 32.1. The van der Waals surface area contributed by atoms with E-state index in [1.165, 1.54) is 5.69 Å². The summed E-state index contributed by atoms with van der Waals surface area (Å²) in [6.45, 7) is 5.46. The molecule has 0 bridgehead atoms. The Morgan fingerprint density at radius 2 is 1.77 bits per heavy atom. The summed E-state index contributed by atoms with van der Waals surface area (Å²) in [6.07, 6.45) is 3.32. The number of aliphatic hydroxyl groups is 1. The summed E-state index contributed by atoms with van der Waals surface area (Å²) in [5, 5.41) is 23.1. The van der Waals surface area contributed by atoms with Crippen LogP contribution in [0.2, 0.25) is 0 Å². The topological polar surface area (TPSA) is 85.0 Å². The Morgan fingerprint density at radius 1 is 1.03 bits per heavy atom. The van der Waals surface area contributed by atoms with Crippen LogP contribution in [0, 0.1) is 0 Å². The highest BCUT2D eigenvalue weighted by Gasteiger charge is 2.16. The number of nitrogens with two attached hydrogens (primary N) is 1. The number of phenolic OH excluding ortho intramolecular Hbond substituents is 1. The fourth-order valence-electron chi connectivity index (χ4n) is 3.88. The summed E-state index contributed by atoms with van der Waals surface area (Å²) in [5.74, 6) is 0.0612. The van der Waals surface area contributed by atoms with E-state index in [0.717, 1.165) is 57.5 Å². The molecule has 1 atom stereocenters. The third-order valence-corrected chi connectivity index (χ3v) is 5.71. The molecule has 7 heteroatoms. The summed E-state index contributed by atoms with van der Waals surface area (Å²) in [7, 11) is 0. The molecule has 1 heterocycles. The second-order valence-corrected chi connectivity index (χ2v) is 8.24. The highest BCUT2D eigenvalue weighted by Crippen LogP contribution is 2.29. The van der Waals surface area contributed by atoms with Crippen molar-refractivity contribution in [2.24, 2.45) is 5.73 Å². The van der Waals surface area contributed by atoms with Gasteiger partial charge in [0.15, 0.2) is 5.11 Å². The van der Waals surface area contributed by atoms with Crippen molar-refractivity contribution in [1.29, 1.82) is 0 Å². The average molecular weight is 429 g/mol. The predicted molar refractivity (Wildman–Crippen MR) is 127 cm³/mol. The van der Waals surface area contributed by atoms with Crippen molar-refractivity contribution in [1.82, 2.24) is 4.90 Å². The zero-order valence-electron chi connectivity index (χ0n) is 17.3. The zero-order valence-corrected chi connectivity index (χ0v) is 18.2. The Bertz CT molecular complexity index is 810. The lowest BCUT2D eigenvalue weighted by molar-refractivity contribution is 0.162. The van der Waals surface area contributed by atoms with Crippen LogP contribution in [0.1, 0.15) is 37.4 Å². The number of nitrogens with one attached hydrogen (secondary N) is 1. The second-order valence-electron chi connectivity index (χ2n) is 7.80. The van der Waals surface area contributed by atoms with Gasteiger partial charge in [0.05, 0.1) is 11.8 Å². The molecule has 1 fully saturated rings. The SMILES string of the molecule is NC(=S)Nc1cc(C(O)CCCCCN2CCN(c3ccccc3)CC2)ccc1O. The lowest BCUT2D eigenvalue weighted by atomic mass is 10.0. The molecule has 1 aliphatic heterocycles. The molecular formula is C23H32N4O2S. The zero-order chi connectivity index (χ0) is 21.3. The molecule has 1 saturated heterocycles. The maximum atomic E-state index is 10.5. The maximum Gasteiger partial charge on any atom is 0.168 e. The number of anilines is 2. The van der Waals surface area contributed by atoms with E-state index < -0.39 is 6.10 Å². The van der Waals surface area contributed by atoms with Crippen molar-refractivity contribution in [3.05, 3.63) is 54.1 Å². The Balaban J connectivity index is 1.33. The van der Waals surface area contributed by atoms with Gasteiger partial charge in [-0.25, -0.2) is 0 Å². The average Bonchev–Trinajstić information content (AvgIpc) is 2.75. The van der Waals surface area contributed by atoms with E-state index in [-0.39, 0.29) is 10.9 Å². The molecule has 30 heavy (non-hydrogen) atoms. The van der Waals surface area contributed by atoms with Crippen LogP contribution < -0.4 is 16.0 Å². The number of thiocarbonyl (C=S) groups is 1. The van der Waals surface area contributed by atoms with Crippen LogP contribution in [0.25, 0.3) is 0 Å². The second kappa shape index (κ2) is 11.2. The maximum absolute atomic E-state index is 10.5. The van der Waals surface area contributed by atoms with E-state index in [9.17, 15) is 10.2 Å². The van der Waals surface area contributed by atoms with Crippen LogP contribution in [0.5, 0.6) is 5.75 Å². The van der Waals surface area contributed by atoms with E-state index in [0.29, 0.717) is 12.1 Å². The number of piperazine rings is 1. The first-order chi connectivity index (χ1) is 14.5. The number of hydrogen-bond acceptors (Lipinski definition) is 5. The standard InChI is InChI=1S/C23H32N4O2S/c24-23(30)25-20-17-18(10-11-22(20)29)21(28)9-5-2-6-12-26-13-15-27(16-14-26)19-7-3-1-4-8-19/h1,3-4,7-8,10-11,17,21,28-29H,2,5-6,9,12-16H2,(H3,24,25,30). The predicted octanol–water partition coefficient (Wildman–Crippen LogP) is 3.46. The van der Waals surface area contributed by atoms with Crippen LogP contribution in [0.15, 0.2) is 48.5 Å². The first-order valence-corrected chi connectivity index (χ1v) is 11.0. The number of aromatic hydroxyl groups is 1. The molecule has 0 aromatic heterocycles. The molecule has 6 nitrogen and oxygen atoms in total. The van der Waals surface area contributed by atoms with Crippen LogP contribution in [-0.2, 0) is 0 Å². The molecule has 3 rings (SSSR count). The number of aliphatic hydroxyl groups excluding tert-OH is 1. The third-order valence-electron chi connectivity index (χ3n) is 5.61. The van der Waals surface area contributed by atoms with Crippen LogP contribution in [-0.4, -0.2) is 52.9 Å². The van der Waals surface area contributed by atoms with Gasteiger partial charge in [-0.1, -0.05) is 37.1 Å². The number of unbranched alkanes of at least 4 members (excludes halogenated alkanes) is 2. The van der Waals surface area contributed by atoms with Crippen molar-refractivity contribution in [3.63, 3.8) is 0 Å². The van der Waals surface area contributed by atoms with Gasteiger partial charge in [-0.3, -0.25) is 4.90 Å². The fraction of sp³-hybridized carbons (Fsp3) is 0.435. The smallest absolute Gasteiger partial charge is 0.168 e. The summed E-state index contributed by atoms with van der Waals surface area (Å²) in [5.41, 5.74) is 7.96. The molecule has 1 aliphatic rings. The summed E-state index contributed by atoms with van der Waals surface area (Å²) < 4.78 is 0. The monoisotopic (exact) mass is 428 g/mol. The molecule has 2 aromatic carbocycles. The summed E-state index contributed by atoms with van der Waals surface area (Å²) >= 11 is 4.82. The summed E-state index contributed by atoms with van der Waals surface area (Å²) in [6, 6.07) is 15.6. The Kier molecular flexibility index (Phi) is 8.30.